The third kappa shape index (κ3) is 4.92. The van der Waals surface area contributed by atoms with Gasteiger partial charge in [0.2, 0.25) is 0 Å². The molecule has 0 spiro atoms. The number of carbonyl (C=O) groups excluding carboxylic acids is 1. The summed E-state index contributed by atoms with van der Waals surface area (Å²) in [6, 6.07) is 7.02. The summed E-state index contributed by atoms with van der Waals surface area (Å²) in [6.45, 7) is 23.0. The van der Waals surface area contributed by atoms with Crippen molar-refractivity contribution in [3.63, 3.8) is 0 Å². The number of benzene rings is 1. The predicted molar refractivity (Wildman–Crippen MR) is 179 cm³/mol. The zero-order valence-electron chi connectivity index (χ0n) is 29.2. The summed E-state index contributed by atoms with van der Waals surface area (Å²) in [4.78, 5) is 12.3. The van der Waals surface area contributed by atoms with Gasteiger partial charge in [-0.05, 0) is 141 Å². The predicted octanol–water partition coefficient (Wildman–Crippen LogP) is 9.29. The van der Waals surface area contributed by atoms with Gasteiger partial charge in [0.1, 0.15) is 6.10 Å². The zero-order chi connectivity index (χ0) is 32.8. The lowest BCUT2D eigenvalue weighted by Gasteiger charge is -2.73. The molecule has 0 aliphatic heterocycles. The van der Waals surface area contributed by atoms with Gasteiger partial charge in [0.25, 0.3) is 10.1 Å². The van der Waals surface area contributed by atoms with Crippen LogP contribution in [0.2, 0.25) is 0 Å². The number of fused-ring (bicyclic) bond motifs is 7. The van der Waals surface area contributed by atoms with E-state index in [0.717, 1.165) is 44.1 Å². The highest BCUT2D eigenvalue weighted by atomic mass is 32.2. The Labute approximate surface area is 273 Å². The van der Waals surface area contributed by atoms with Gasteiger partial charge >= 0.3 is 5.97 Å². The molecule has 5 aliphatic rings. The van der Waals surface area contributed by atoms with Crippen molar-refractivity contribution in [3.8, 4) is 0 Å². The van der Waals surface area contributed by atoms with E-state index < -0.39 is 10.1 Å². The molecule has 0 heterocycles. The van der Waals surface area contributed by atoms with E-state index in [0.29, 0.717) is 29.6 Å². The fourth-order valence-electron chi connectivity index (χ4n) is 12.9. The van der Waals surface area contributed by atoms with Crippen LogP contribution >= 0.6 is 0 Å². The molecular weight excluding hydrogens is 580 g/mol. The van der Waals surface area contributed by atoms with E-state index in [1.807, 2.05) is 19.1 Å². The molecule has 0 unspecified atom stereocenters. The molecule has 5 aliphatic carbocycles. The van der Waals surface area contributed by atoms with Gasteiger partial charge < -0.3 is 4.74 Å². The summed E-state index contributed by atoms with van der Waals surface area (Å²) >= 11 is 0. The Hall–Kier alpha value is -1.66. The average molecular weight is 639 g/mol. The summed E-state index contributed by atoms with van der Waals surface area (Å²) in [5, 5.41) is 0. The van der Waals surface area contributed by atoms with Gasteiger partial charge in [-0.25, -0.2) is 0 Å². The number of aryl methyl sites for hydroxylation is 1. The summed E-state index contributed by atoms with van der Waals surface area (Å²) in [7, 11) is -3.83. The first kappa shape index (κ1) is 33.2. The lowest BCUT2D eigenvalue weighted by atomic mass is 9.32. The smallest absolute Gasteiger partial charge is 0.302 e. The van der Waals surface area contributed by atoms with Gasteiger partial charge in [-0.15, -0.1) is 0 Å². The van der Waals surface area contributed by atoms with E-state index in [9.17, 15) is 13.2 Å². The van der Waals surface area contributed by atoms with Crippen LogP contribution in [0.3, 0.4) is 0 Å². The molecule has 250 valence electrons. The number of allylic oxidation sites excluding steroid dienone is 1. The summed E-state index contributed by atoms with van der Waals surface area (Å²) in [6.07, 6.45) is 11.1. The molecule has 1 aromatic rings. The molecule has 5 nitrogen and oxygen atoms in total. The Kier molecular flexibility index (Phi) is 8.08. The number of carbonyl (C=O) groups is 1. The lowest BCUT2D eigenvalue weighted by Crippen LogP contribution is -2.67. The molecule has 5 fully saturated rings. The first-order chi connectivity index (χ1) is 20.9. The minimum absolute atomic E-state index is 0.00865. The van der Waals surface area contributed by atoms with Crippen LogP contribution in [0.4, 0.5) is 0 Å². The van der Waals surface area contributed by atoms with Crippen molar-refractivity contribution in [3.05, 3.63) is 42.0 Å². The fourth-order valence-corrected chi connectivity index (χ4v) is 13.9. The molecule has 6 heteroatoms. The number of hydrogen-bond donors (Lipinski definition) is 0. The van der Waals surface area contributed by atoms with E-state index >= 15 is 0 Å². The number of ether oxygens (including phenoxy) is 1. The highest BCUT2D eigenvalue weighted by Gasteiger charge is 2.71. The second kappa shape index (κ2) is 10.9. The zero-order valence-corrected chi connectivity index (χ0v) is 30.0. The molecule has 0 aromatic heterocycles. The van der Waals surface area contributed by atoms with Crippen molar-refractivity contribution in [2.75, 3.05) is 6.61 Å². The third-order valence-corrected chi connectivity index (χ3v) is 16.6. The van der Waals surface area contributed by atoms with Gasteiger partial charge in [0.15, 0.2) is 0 Å². The van der Waals surface area contributed by atoms with Gasteiger partial charge in [-0.2, -0.15) is 8.42 Å². The Morgan fingerprint density at radius 1 is 0.844 bits per heavy atom. The van der Waals surface area contributed by atoms with Crippen LogP contribution in [-0.2, 0) is 23.8 Å². The minimum Gasteiger partial charge on any atom is -0.462 e. The van der Waals surface area contributed by atoms with Crippen LogP contribution in [0.15, 0.2) is 41.3 Å². The molecule has 0 radical (unpaired) electrons. The average Bonchev–Trinajstić information content (AvgIpc) is 3.34. The van der Waals surface area contributed by atoms with Crippen molar-refractivity contribution < 1.29 is 22.1 Å². The van der Waals surface area contributed by atoms with Crippen LogP contribution in [-0.4, -0.2) is 27.1 Å². The van der Waals surface area contributed by atoms with Crippen LogP contribution < -0.4 is 0 Å². The van der Waals surface area contributed by atoms with Gasteiger partial charge in [0.05, 0.1) is 11.5 Å². The molecular formula is C39H58O5S. The summed E-state index contributed by atoms with van der Waals surface area (Å²) in [5.41, 5.74) is 2.69. The van der Waals surface area contributed by atoms with Crippen LogP contribution in [0, 0.1) is 63.6 Å². The molecule has 10 atom stereocenters. The maximum absolute atomic E-state index is 13.4. The van der Waals surface area contributed by atoms with E-state index in [-0.39, 0.29) is 50.7 Å². The molecule has 0 amide bonds. The lowest BCUT2D eigenvalue weighted by molar-refractivity contribution is -0.251. The Morgan fingerprint density at radius 3 is 2.18 bits per heavy atom. The van der Waals surface area contributed by atoms with Crippen molar-refractivity contribution in [2.45, 2.75) is 131 Å². The van der Waals surface area contributed by atoms with Crippen LogP contribution in [0.1, 0.15) is 118 Å². The number of esters is 1. The molecule has 5 saturated carbocycles. The summed E-state index contributed by atoms with van der Waals surface area (Å²) < 4.78 is 38.8. The highest BCUT2D eigenvalue weighted by Crippen LogP contribution is 2.77. The second-order valence-corrected chi connectivity index (χ2v) is 19.2. The van der Waals surface area contributed by atoms with E-state index in [1.54, 1.807) is 19.1 Å². The van der Waals surface area contributed by atoms with Crippen LogP contribution in [0.5, 0.6) is 0 Å². The SMILES string of the molecule is C=C(C)[C@@H]1CC[C@]2(COS(=O)(=O)c3ccc(C)cc3)CC[C@]3(C)[C@@H](CC[C@@H]4[C@]5(C)CC[C@@H](OC(C)=O)C(C)(C)[C@H]5CC[C@@]43C)[C@H]12. The van der Waals surface area contributed by atoms with E-state index in [1.165, 1.54) is 31.3 Å². The summed E-state index contributed by atoms with van der Waals surface area (Å²) in [5.74, 6) is 2.31. The molecule has 1 aromatic carbocycles. The fraction of sp³-hybridized carbons (Fsp3) is 0.769. The molecule has 0 bridgehead atoms. The Morgan fingerprint density at radius 2 is 1.53 bits per heavy atom. The second-order valence-electron chi connectivity index (χ2n) is 17.5. The van der Waals surface area contributed by atoms with Gasteiger partial charge in [-0.1, -0.05) is 64.5 Å². The molecule has 6 rings (SSSR count). The quantitative estimate of drug-likeness (QED) is 0.176. The first-order valence-corrected chi connectivity index (χ1v) is 19.1. The molecule has 45 heavy (non-hydrogen) atoms. The number of rotatable bonds is 6. The Bertz CT molecular complexity index is 1450. The van der Waals surface area contributed by atoms with E-state index in [2.05, 4.69) is 48.1 Å². The Balaban J connectivity index is 1.31. The largest absolute Gasteiger partial charge is 0.462 e. The monoisotopic (exact) mass is 638 g/mol. The van der Waals surface area contributed by atoms with Crippen molar-refractivity contribution in [1.29, 1.82) is 0 Å². The maximum atomic E-state index is 13.4. The minimum atomic E-state index is -3.83. The first-order valence-electron chi connectivity index (χ1n) is 17.7. The third-order valence-electron chi connectivity index (χ3n) is 15.3. The van der Waals surface area contributed by atoms with Gasteiger partial charge in [0, 0.05) is 12.3 Å². The van der Waals surface area contributed by atoms with Crippen LogP contribution in [0.25, 0.3) is 0 Å². The molecule has 0 N–H and O–H groups in total. The standard InChI is InChI=1S/C39H58O5S/c1-25(2)29-16-21-39(24-43-45(41,42)28-12-10-26(3)11-13-28)23-22-37(8)30(34(29)39)14-15-32-36(7)19-18-33(44-27(4)40)35(5,6)31(36)17-20-38(32,37)9/h10-13,29-34H,1,14-24H2,2-9H3/t29-,30-,31+,32+,33+,34-,36+,37+,38-,39+/m0/s1. The van der Waals surface area contributed by atoms with Crippen molar-refractivity contribution in [1.82, 2.24) is 0 Å². The van der Waals surface area contributed by atoms with Gasteiger partial charge in [-0.3, -0.25) is 8.98 Å². The highest BCUT2D eigenvalue weighted by molar-refractivity contribution is 7.86. The number of hydrogen-bond acceptors (Lipinski definition) is 5. The molecule has 0 saturated heterocycles. The van der Waals surface area contributed by atoms with Crippen molar-refractivity contribution >= 4 is 16.1 Å². The topological polar surface area (TPSA) is 69.7 Å². The van der Waals surface area contributed by atoms with E-state index in [4.69, 9.17) is 8.92 Å². The normalized spacial score (nSPS) is 43.7. The van der Waals surface area contributed by atoms with Crippen molar-refractivity contribution in [2.24, 2.45) is 56.7 Å². The maximum Gasteiger partial charge on any atom is 0.302 e.